The Bertz CT molecular complexity index is 606. The molecule has 1 fully saturated rings. The molecule has 0 saturated carbocycles. The highest BCUT2D eigenvalue weighted by molar-refractivity contribution is 6.36. The van der Waals surface area contributed by atoms with E-state index < -0.39 is 30.5 Å². The lowest BCUT2D eigenvalue weighted by atomic mass is 10.1. The zero-order valence-corrected chi connectivity index (χ0v) is 13.9. The average Bonchev–Trinajstić information content (AvgIpc) is 2.50. The van der Waals surface area contributed by atoms with Gasteiger partial charge < -0.3 is 10.6 Å². The van der Waals surface area contributed by atoms with Crippen molar-refractivity contribution in [2.75, 3.05) is 32.7 Å². The van der Waals surface area contributed by atoms with Gasteiger partial charge in [-0.15, -0.1) is 0 Å². The zero-order valence-electron chi connectivity index (χ0n) is 12.4. The molecular weight excluding hydrogens is 373 g/mol. The highest BCUT2D eigenvalue weighted by Gasteiger charge is 2.43. The Morgan fingerprint density at radius 2 is 1.88 bits per heavy atom. The SMILES string of the molecule is O=C(NCC(N1CCNCC1)C(F)(F)F)c1cc(F)c(Cl)cc1Cl. The molecule has 2 rings (SSSR count). The summed E-state index contributed by atoms with van der Waals surface area (Å²) in [5.74, 6) is -1.76. The van der Waals surface area contributed by atoms with E-state index in [1.165, 1.54) is 4.90 Å². The largest absolute Gasteiger partial charge is 0.405 e. The third kappa shape index (κ3) is 4.72. The Labute approximate surface area is 146 Å². The summed E-state index contributed by atoms with van der Waals surface area (Å²) >= 11 is 11.3. The minimum atomic E-state index is -4.50. The second-order valence-electron chi connectivity index (χ2n) is 5.30. The number of hydrogen-bond donors (Lipinski definition) is 2. The monoisotopic (exact) mass is 387 g/mol. The molecule has 0 bridgehead atoms. The summed E-state index contributed by atoms with van der Waals surface area (Å²) in [4.78, 5) is 13.3. The predicted molar refractivity (Wildman–Crippen MR) is 83.0 cm³/mol. The molecule has 1 saturated heterocycles. The normalized spacial score (nSPS) is 17.6. The first kappa shape index (κ1) is 19.2. The number of nitrogens with zero attached hydrogens (tertiary/aromatic N) is 1. The molecule has 1 amide bonds. The lowest BCUT2D eigenvalue weighted by molar-refractivity contribution is -0.183. The van der Waals surface area contributed by atoms with Crippen LogP contribution in [0.15, 0.2) is 12.1 Å². The summed E-state index contributed by atoms with van der Waals surface area (Å²) in [6, 6.07) is 0.0117. The summed E-state index contributed by atoms with van der Waals surface area (Å²) < 4.78 is 53.1. The number of halogens is 6. The van der Waals surface area contributed by atoms with E-state index in [2.05, 4.69) is 10.6 Å². The van der Waals surface area contributed by atoms with Gasteiger partial charge >= 0.3 is 6.18 Å². The van der Waals surface area contributed by atoms with Crippen LogP contribution in [0.3, 0.4) is 0 Å². The van der Waals surface area contributed by atoms with Crippen molar-refractivity contribution < 1.29 is 22.4 Å². The number of carbonyl (C=O) groups is 1. The van der Waals surface area contributed by atoms with Crippen LogP contribution in [0, 0.1) is 5.82 Å². The zero-order chi connectivity index (χ0) is 17.9. The minimum Gasteiger partial charge on any atom is -0.350 e. The van der Waals surface area contributed by atoms with E-state index in [0.29, 0.717) is 13.1 Å². The van der Waals surface area contributed by atoms with Gasteiger partial charge in [-0.1, -0.05) is 23.2 Å². The molecule has 1 unspecified atom stereocenters. The van der Waals surface area contributed by atoms with Gasteiger partial charge in [0.15, 0.2) is 0 Å². The number of piperazine rings is 1. The number of nitrogens with one attached hydrogen (secondary N) is 2. The van der Waals surface area contributed by atoms with E-state index in [1.54, 1.807) is 0 Å². The molecule has 2 N–H and O–H groups in total. The number of benzene rings is 1. The van der Waals surface area contributed by atoms with E-state index in [1.807, 2.05) is 0 Å². The highest BCUT2D eigenvalue weighted by atomic mass is 35.5. The fourth-order valence-corrected chi connectivity index (χ4v) is 2.90. The Hall–Kier alpha value is -1.09. The van der Waals surface area contributed by atoms with E-state index in [9.17, 15) is 22.4 Å². The van der Waals surface area contributed by atoms with Gasteiger partial charge in [-0.2, -0.15) is 13.2 Å². The summed E-state index contributed by atoms with van der Waals surface area (Å²) in [7, 11) is 0. The quantitative estimate of drug-likeness (QED) is 0.616. The van der Waals surface area contributed by atoms with Gasteiger partial charge in [0.1, 0.15) is 11.9 Å². The van der Waals surface area contributed by atoms with Crippen LogP contribution in [0.2, 0.25) is 10.0 Å². The molecule has 1 atom stereocenters. The van der Waals surface area contributed by atoms with Crippen LogP contribution in [0.25, 0.3) is 0 Å². The molecule has 1 aliphatic heterocycles. The first-order valence-electron chi connectivity index (χ1n) is 7.14. The van der Waals surface area contributed by atoms with Crippen molar-refractivity contribution in [3.63, 3.8) is 0 Å². The Kier molecular flexibility index (Phi) is 6.30. The molecule has 0 spiro atoms. The standard InChI is InChI=1S/C14H15Cl2F4N3O/c15-9-6-10(16)11(17)5-8(9)13(24)22-7-12(14(18,19)20)23-3-1-21-2-4-23/h5-6,12,21H,1-4,7H2,(H,22,24). The molecule has 1 aromatic carbocycles. The predicted octanol–water partition coefficient (Wildman–Crippen LogP) is 2.70. The molecule has 24 heavy (non-hydrogen) atoms. The Morgan fingerprint density at radius 3 is 2.46 bits per heavy atom. The molecule has 4 nitrogen and oxygen atoms in total. The van der Waals surface area contributed by atoms with Crippen molar-refractivity contribution in [2.45, 2.75) is 12.2 Å². The van der Waals surface area contributed by atoms with Crippen LogP contribution in [0.5, 0.6) is 0 Å². The summed E-state index contributed by atoms with van der Waals surface area (Å²) in [5.41, 5.74) is -0.264. The van der Waals surface area contributed by atoms with Crippen LogP contribution >= 0.6 is 23.2 Å². The average molecular weight is 388 g/mol. The van der Waals surface area contributed by atoms with Crippen molar-refractivity contribution in [2.24, 2.45) is 0 Å². The van der Waals surface area contributed by atoms with Gasteiger partial charge in [0.2, 0.25) is 0 Å². The van der Waals surface area contributed by atoms with Crippen molar-refractivity contribution in [1.29, 1.82) is 0 Å². The summed E-state index contributed by atoms with van der Waals surface area (Å²) in [6.07, 6.45) is -4.50. The first-order chi connectivity index (χ1) is 11.2. The van der Waals surface area contributed by atoms with E-state index in [4.69, 9.17) is 23.2 Å². The maximum atomic E-state index is 13.4. The van der Waals surface area contributed by atoms with E-state index >= 15 is 0 Å². The van der Waals surface area contributed by atoms with Crippen molar-refractivity contribution in [1.82, 2.24) is 15.5 Å². The van der Waals surface area contributed by atoms with E-state index in [0.717, 1.165) is 12.1 Å². The van der Waals surface area contributed by atoms with Gasteiger partial charge in [-0.25, -0.2) is 4.39 Å². The maximum absolute atomic E-state index is 13.4. The number of amides is 1. The van der Waals surface area contributed by atoms with Gasteiger partial charge in [0.05, 0.1) is 15.6 Å². The molecule has 10 heteroatoms. The highest BCUT2D eigenvalue weighted by Crippen LogP contribution is 2.26. The molecule has 0 aliphatic carbocycles. The molecule has 1 aromatic rings. The second kappa shape index (κ2) is 7.86. The van der Waals surface area contributed by atoms with Crippen LogP contribution in [-0.2, 0) is 0 Å². The molecule has 0 radical (unpaired) electrons. The maximum Gasteiger partial charge on any atom is 0.405 e. The lowest BCUT2D eigenvalue weighted by Gasteiger charge is -2.35. The van der Waals surface area contributed by atoms with Crippen molar-refractivity contribution >= 4 is 29.1 Å². The third-order valence-corrected chi connectivity index (χ3v) is 4.28. The smallest absolute Gasteiger partial charge is 0.350 e. The minimum absolute atomic E-state index is 0.135. The molecule has 0 aromatic heterocycles. The second-order valence-corrected chi connectivity index (χ2v) is 6.11. The lowest BCUT2D eigenvalue weighted by Crippen LogP contribution is -2.57. The van der Waals surface area contributed by atoms with Crippen molar-refractivity contribution in [3.05, 3.63) is 33.6 Å². The summed E-state index contributed by atoms with van der Waals surface area (Å²) in [6.45, 7) is 0.666. The molecular formula is C14H15Cl2F4N3O. The van der Waals surface area contributed by atoms with E-state index in [-0.39, 0.29) is 28.7 Å². The van der Waals surface area contributed by atoms with Gasteiger partial charge in [0.25, 0.3) is 5.91 Å². The van der Waals surface area contributed by atoms with Gasteiger partial charge in [-0.05, 0) is 12.1 Å². The third-order valence-electron chi connectivity index (χ3n) is 3.68. The molecule has 134 valence electrons. The van der Waals surface area contributed by atoms with Crippen LogP contribution in [0.4, 0.5) is 17.6 Å². The van der Waals surface area contributed by atoms with Crippen LogP contribution in [-0.4, -0.2) is 55.7 Å². The number of hydrogen-bond acceptors (Lipinski definition) is 3. The number of alkyl halides is 3. The Balaban J connectivity index is 2.08. The Morgan fingerprint density at radius 1 is 1.25 bits per heavy atom. The number of carbonyl (C=O) groups excluding carboxylic acids is 1. The molecule has 1 heterocycles. The van der Waals surface area contributed by atoms with Gasteiger partial charge in [-0.3, -0.25) is 9.69 Å². The van der Waals surface area contributed by atoms with Crippen LogP contribution < -0.4 is 10.6 Å². The fraction of sp³-hybridized carbons (Fsp3) is 0.500. The van der Waals surface area contributed by atoms with Crippen LogP contribution in [0.1, 0.15) is 10.4 Å². The number of rotatable bonds is 4. The molecule has 1 aliphatic rings. The summed E-state index contributed by atoms with van der Waals surface area (Å²) in [5, 5.41) is 4.73. The van der Waals surface area contributed by atoms with Crippen molar-refractivity contribution in [3.8, 4) is 0 Å². The fourth-order valence-electron chi connectivity index (χ4n) is 2.43. The topological polar surface area (TPSA) is 44.4 Å². The van der Waals surface area contributed by atoms with Gasteiger partial charge in [0, 0.05) is 32.7 Å². The first-order valence-corrected chi connectivity index (χ1v) is 7.90.